The fraction of sp³-hybridized carbons (Fsp3) is 0.429. The maximum absolute atomic E-state index is 11.9. The molecule has 0 aliphatic carbocycles. The Morgan fingerprint density at radius 3 is 2.67 bits per heavy atom. The number of rotatable bonds is 7. The first-order chi connectivity index (χ1) is 10.0. The predicted molar refractivity (Wildman–Crippen MR) is 74.0 cm³/mol. The van der Waals surface area contributed by atoms with Crippen LogP contribution in [-0.4, -0.2) is 46.5 Å². The SMILES string of the molecule is CCCCOC(=O)[C@H](CO)NC(=O)c1cccc(O)c1O. The zero-order chi connectivity index (χ0) is 15.8. The molecular formula is C14H19NO6. The molecule has 0 aliphatic rings. The number of esters is 1. The third-order valence-electron chi connectivity index (χ3n) is 2.77. The summed E-state index contributed by atoms with van der Waals surface area (Å²) in [5.74, 6) is -2.59. The Hall–Kier alpha value is -2.28. The molecule has 0 radical (unpaired) electrons. The molecule has 0 aliphatic heterocycles. The van der Waals surface area contributed by atoms with Gasteiger partial charge in [-0.05, 0) is 18.6 Å². The molecule has 1 atom stereocenters. The van der Waals surface area contributed by atoms with Gasteiger partial charge in [0.05, 0.1) is 18.8 Å². The van der Waals surface area contributed by atoms with Gasteiger partial charge in [0.15, 0.2) is 17.5 Å². The quantitative estimate of drug-likeness (QED) is 0.331. The minimum absolute atomic E-state index is 0.199. The van der Waals surface area contributed by atoms with Gasteiger partial charge in [-0.1, -0.05) is 19.4 Å². The number of amides is 1. The number of para-hydroxylation sites is 1. The van der Waals surface area contributed by atoms with E-state index in [1.807, 2.05) is 6.92 Å². The normalized spacial score (nSPS) is 11.7. The van der Waals surface area contributed by atoms with Gasteiger partial charge in [0, 0.05) is 0 Å². The molecule has 7 heteroatoms. The van der Waals surface area contributed by atoms with Gasteiger partial charge in [-0.25, -0.2) is 4.79 Å². The number of carbonyl (C=O) groups excluding carboxylic acids is 2. The highest BCUT2D eigenvalue weighted by atomic mass is 16.5. The zero-order valence-corrected chi connectivity index (χ0v) is 11.7. The van der Waals surface area contributed by atoms with E-state index in [2.05, 4.69) is 5.32 Å². The van der Waals surface area contributed by atoms with E-state index in [-0.39, 0.29) is 12.2 Å². The molecule has 4 N–H and O–H groups in total. The number of hydrogen-bond acceptors (Lipinski definition) is 6. The van der Waals surface area contributed by atoms with Crippen molar-refractivity contribution in [3.8, 4) is 11.5 Å². The van der Waals surface area contributed by atoms with Gasteiger partial charge in [0.25, 0.3) is 5.91 Å². The van der Waals surface area contributed by atoms with Crippen LogP contribution in [0.25, 0.3) is 0 Å². The Bertz CT molecular complexity index is 502. The Morgan fingerprint density at radius 2 is 2.05 bits per heavy atom. The highest BCUT2D eigenvalue weighted by Crippen LogP contribution is 2.27. The number of unbranched alkanes of at least 4 members (excludes halogenated alkanes) is 1. The van der Waals surface area contributed by atoms with Crippen molar-refractivity contribution < 1.29 is 29.6 Å². The van der Waals surface area contributed by atoms with Crippen LogP contribution in [-0.2, 0) is 9.53 Å². The average molecular weight is 297 g/mol. The van der Waals surface area contributed by atoms with Crippen LogP contribution >= 0.6 is 0 Å². The topological polar surface area (TPSA) is 116 Å². The average Bonchev–Trinajstić information content (AvgIpc) is 2.47. The van der Waals surface area contributed by atoms with E-state index in [1.165, 1.54) is 18.2 Å². The fourth-order valence-electron chi connectivity index (χ4n) is 1.55. The largest absolute Gasteiger partial charge is 0.504 e. The molecule has 0 aromatic heterocycles. The lowest BCUT2D eigenvalue weighted by atomic mass is 10.1. The summed E-state index contributed by atoms with van der Waals surface area (Å²) in [6, 6.07) is 2.64. The van der Waals surface area contributed by atoms with Crippen molar-refractivity contribution in [3.63, 3.8) is 0 Å². The maximum atomic E-state index is 11.9. The van der Waals surface area contributed by atoms with Crippen molar-refractivity contribution >= 4 is 11.9 Å². The van der Waals surface area contributed by atoms with Crippen LogP contribution < -0.4 is 5.32 Å². The van der Waals surface area contributed by atoms with E-state index in [1.54, 1.807) is 0 Å². The summed E-state index contributed by atoms with van der Waals surface area (Å²) in [5, 5.41) is 30.3. The van der Waals surface area contributed by atoms with Gasteiger partial charge in [-0.15, -0.1) is 0 Å². The second-order valence-corrected chi connectivity index (χ2v) is 4.40. The number of phenols is 2. The smallest absolute Gasteiger partial charge is 0.331 e. The van der Waals surface area contributed by atoms with Crippen LogP contribution in [0.4, 0.5) is 0 Å². The van der Waals surface area contributed by atoms with E-state index in [9.17, 15) is 19.8 Å². The Labute approximate surface area is 122 Å². The van der Waals surface area contributed by atoms with Gasteiger partial charge in [0.1, 0.15) is 0 Å². The van der Waals surface area contributed by atoms with E-state index >= 15 is 0 Å². The maximum Gasteiger partial charge on any atom is 0.331 e. The number of aliphatic hydroxyl groups is 1. The summed E-state index contributed by atoms with van der Waals surface area (Å²) < 4.78 is 4.90. The minimum Gasteiger partial charge on any atom is -0.504 e. The minimum atomic E-state index is -1.23. The molecule has 21 heavy (non-hydrogen) atoms. The molecule has 7 nitrogen and oxygen atoms in total. The van der Waals surface area contributed by atoms with E-state index in [4.69, 9.17) is 9.84 Å². The monoisotopic (exact) mass is 297 g/mol. The molecule has 0 heterocycles. The summed E-state index contributed by atoms with van der Waals surface area (Å²) in [7, 11) is 0. The molecule has 1 aromatic rings. The molecule has 1 amide bonds. The molecular weight excluding hydrogens is 278 g/mol. The molecule has 0 bridgehead atoms. The molecule has 1 aromatic carbocycles. The number of benzene rings is 1. The van der Waals surface area contributed by atoms with Crippen LogP contribution in [0.1, 0.15) is 30.1 Å². The highest BCUT2D eigenvalue weighted by molar-refractivity contribution is 5.99. The summed E-state index contributed by atoms with van der Waals surface area (Å²) in [4.78, 5) is 23.6. The number of nitrogens with one attached hydrogen (secondary N) is 1. The van der Waals surface area contributed by atoms with E-state index in [0.29, 0.717) is 6.42 Å². The number of carbonyl (C=O) groups is 2. The third kappa shape index (κ3) is 4.64. The van der Waals surface area contributed by atoms with Crippen LogP contribution in [0.5, 0.6) is 11.5 Å². The number of aliphatic hydroxyl groups excluding tert-OH is 1. The first-order valence-corrected chi connectivity index (χ1v) is 6.60. The van der Waals surface area contributed by atoms with Gasteiger partial charge in [0.2, 0.25) is 0 Å². The van der Waals surface area contributed by atoms with Gasteiger partial charge in [-0.3, -0.25) is 4.79 Å². The Kier molecular flexibility index (Phi) is 6.48. The molecule has 0 saturated carbocycles. The lowest BCUT2D eigenvalue weighted by Crippen LogP contribution is -2.44. The summed E-state index contributed by atoms with van der Waals surface area (Å²) in [6.07, 6.45) is 1.53. The van der Waals surface area contributed by atoms with Crippen molar-refractivity contribution in [2.24, 2.45) is 0 Å². The van der Waals surface area contributed by atoms with Gasteiger partial charge in [-0.2, -0.15) is 0 Å². The third-order valence-corrected chi connectivity index (χ3v) is 2.77. The molecule has 0 unspecified atom stereocenters. The second kappa shape index (κ2) is 8.11. The Balaban J connectivity index is 2.70. The van der Waals surface area contributed by atoms with Crippen molar-refractivity contribution in [1.29, 1.82) is 0 Å². The van der Waals surface area contributed by atoms with Crippen molar-refractivity contribution in [1.82, 2.24) is 5.32 Å². The van der Waals surface area contributed by atoms with Crippen LogP contribution in [0.2, 0.25) is 0 Å². The van der Waals surface area contributed by atoms with E-state index in [0.717, 1.165) is 6.42 Å². The van der Waals surface area contributed by atoms with Crippen LogP contribution in [0.3, 0.4) is 0 Å². The van der Waals surface area contributed by atoms with Crippen molar-refractivity contribution in [2.75, 3.05) is 13.2 Å². The van der Waals surface area contributed by atoms with Gasteiger partial charge < -0.3 is 25.4 Å². The predicted octanol–water partition coefficient (Wildman–Crippen LogP) is 0.532. The molecule has 0 saturated heterocycles. The Morgan fingerprint density at radius 1 is 1.33 bits per heavy atom. The molecule has 0 fully saturated rings. The molecule has 1 rings (SSSR count). The number of phenolic OH excluding ortho intramolecular Hbond substituents is 2. The summed E-state index contributed by atoms with van der Waals surface area (Å²) in [6.45, 7) is 1.51. The van der Waals surface area contributed by atoms with Crippen LogP contribution in [0, 0.1) is 0 Å². The summed E-state index contributed by atoms with van der Waals surface area (Å²) >= 11 is 0. The fourth-order valence-corrected chi connectivity index (χ4v) is 1.55. The molecule has 0 spiro atoms. The molecule has 116 valence electrons. The number of aromatic hydroxyl groups is 2. The van der Waals surface area contributed by atoms with E-state index < -0.39 is 36.0 Å². The number of hydrogen-bond donors (Lipinski definition) is 4. The number of ether oxygens (including phenoxy) is 1. The highest BCUT2D eigenvalue weighted by Gasteiger charge is 2.23. The van der Waals surface area contributed by atoms with Crippen LogP contribution in [0.15, 0.2) is 18.2 Å². The lowest BCUT2D eigenvalue weighted by molar-refractivity contribution is -0.147. The summed E-state index contributed by atoms with van der Waals surface area (Å²) in [5.41, 5.74) is -0.199. The lowest BCUT2D eigenvalue weighted by Gasteiger charge is -2.16. The first-order valence-electron chi connectivity index (χ1n) is 6.60. The van der Waals surface area contributed by atoms with Crippen molar-refractivity contribution in [2.45, 2.75) is 25.8 Å². The zero-order valence-electron chi connectivity index (χ0n) is 11.7. The van der Waals surface area contributed by atoms with Gasteiger partial charge >= 0.3 is 5.97 Å². The van der Waals surface area contributed by atoms with Crippen molar-refractivity contribution in [3.05, 3.63) is 23.8 Å². The first kappa shape index (κ1) is 16.8. The standard InChI is InChI=1S/C14H19NO6/c1-2-3-7-21-14(20)10(8-16)15-13(19)9-5-4-6-11(17)12(9)18/h4-6,10,16-18H,2-3,7-8H2,1H3,(H,15,19)/t10-/m0/s1. The second-order valence-electron chi connectivity index (χ2n) is 4.40.